The van der Waals surface area contributed by atoms with Gasteiger partial charge in [0.2, 0.25) is 0 Å². The molecule has 0 radical (unpaired) electrons. The quantitative estimate of drug-likeness (QED) is 0.679. The number of morpholine rings is 1. The van der Waals surface area contributed by atoms with Gasteiger partial charge in [-0.1, -0.05) is 12.8 Å². The molecule has 0 spiro atoms. The SMILES string of the molecule is CCOC(=O)CN1CCOC2CCCCC21. The number of carbonyl (C=O) groups excluding carboxylic acids is 1. The summed E-state index contributed by atoms with van der Waals surface area (Å²) in [6, 6.07) is 0.437. The standard InChI is InChI=1S/C12H21NO3/c1-2-15-12(14)9-13-7-8-16-11-6-4-3-5-10(11)13/h10-11H,2-9H2,1H3. The van der Waals surface area contributed by atoms with E-state index in [1.54, 1.807) is 0 Å². The lowest BCUT2D eigenvalue weighted by molar-refractivity contribution is -0.150. The first-order valence-electron chi connectivity index (χ1n) is 6.32. The number of fused-ring (bicyclic) bond motifs is 1. The highest BCUT2D eigenvalue weighted by atomic mass is 16.5. The van der Waals surface area contributed by atoms with Crippen LogP contribution in [0.25, 0.3) is 0 Å². The fourth-order valence-corrected chi connectivity index (χ4v) is 2.75. The molecule has 0 N–H and O–H groups in total. The Labute approximate surface area is 96.9 Å². The molecule has 16 heavy (non-hydrogen) atoms. The van der Waals surface area contributed by atoms with Crippen LogP contribution in [0.2, 0.25) is 0 Å². The van der Waals surface area contributed by atoms with E-state index in [2.05, 4.69) is 4.90 Å². The first-order chi connectivity index (χ1) is 7.81. The van der Waals surface area contributed by atoms with Crippen LogP contribution in [-0.2, 0) is 14.3 Å². The molecular weight excluding hydrogens is 206 g/mol. The Balaban J connectivity index is 1.89. The molecule has 2 rings (SSSR count). The summed E-state index contributed by atoms with van der Waals surface area (Å²) >= 11 is 0. The maximum absolute atomic E-state index is 11.5. The van der Waals surface area contributed by atoms with E-state index in [1.807, 2.05) is 6.92 Å². The topological polar surface area (TPSA) is 38.8 Å². The van der Waals surface area contributed by atoms with Gasteiger partial charge in [0.25, 0.3) is 0 Å². The van der Waals surface area contributed by atoms with E-state index in [9.17, 15) is 4.79 Å². The second kappa shape index (κ2) is 5.64. The van der Waals surface area contributed by atoms with E-state index >= 15 is 0 Å². The van der Waals surface area contributed by atoms with Crippen molar-refractivity contribution in [3.63, 3.8) is 0 Å². The molecule has 0 bridgehead atoms. The van der Waals surface area contributed by atoms with Gasteiger partial charge in [0, 0.05) is 12.6 Å². The molecule has 4 heteroatoms. The van der Waals surface area contributed by atoms with Crippen LogP contribution in [-0.4, -0.2) is 49.3 Å². The van der Waals surface area contributed by atoms with Crippen molar-refractivity contribution in [3.05, 3.63) is 0 Å². The summed E-state index contributed by atoms with van der Waals surface area (Å²) in [5.41, 5.74) is 0. The molecule has 0 aromatic heterocycles. The van der Waals surface area contributed by atoms with Gasteiger partial charge in [-0.05, 0) is 19.8 Å². The van der Waals surface area contributed by atoms with Gasteiger partial charge in [0.05, 0.1) is 25.9 Å². The minimum atomic E-state index is -0.103. The van der Waals surface area contributed by atoms with Crippen molar-refractivity contribution in [1.29, 1.82) is 0 Å². The third kappa shape index (κ3) is 2.74. The lowest BCUT2D eigenvalue weighted by Crippen LogP contribution is -2.54. The largest absolute Gasteiger partial charge is 0.465 e. The number of esters is 1. The van der Waals surface area contributed by atoms with Crippen molar-refractivity contribution in [3.8, 4) is 0 Å². The summed E-state index contributed by atoms with van der Waals surface area (Å²) in [5, 5.41) is 0. The highest BCUT2D eigenvalue weighted by molar-refractivity contribution is 5.71. The summed E-state index contributed by atoms with van der Waals surface area (Å²) in [7, 11) is 0. The number of ether oxygens (including phenoxy) is 2. The van der Waals surface area contributed by atoms with Crippen LogP contribution in [0.1, 0.15) is 32.6 Å². The third-order valence-electron chi connectivity index (χ3n) is 3.48. The Kier molecular flexibility index (Phi) is 4.18. The molecule has 1 saturated carbocycles. The molecule has 92 valence electrons. The van der Waals surface area contributed by atoms with Crippen molar-refractivity contribution < 1.29 is 14.3 Å². The molecule has 2 aliphatic rings. The molecule has 1 aliphatic carbocycles. The Bertz CT molecular complexity index is 242. The number of carbonyl (C=O) groups is 1. The molecular formula is C12H21NO3. The average molecular weight is 227 g/mol. The van der Waals surface area contributed by atoms with Crippen LogP contribution in [0.3, 0.4) is 0 Å². The predicted molar refractivity (Wildman–Crippen MR) is 60.2 cm³/mol. The van der Waals surface area contributed by atoms with Crippen molar-refractivity contribution in [1.82, 2.24) is 4.90 Å². The molecule has 2 unspecified atom stereocenters. The highest BCUT2D eigenvalue weighted by Gasteiger charge is 2.34. The van der Waals surface area contributed by atoms with E-state index in [0.29, 0.717) is 25.3 Å². The number of hydrogen-bond donors (Lipinski definition) is 0. The zero-order valence-corrected chi connectivity index (χ0v) is 9.98. The first-order valence-corrected chi connectivity index (χ1v) is 6.32. The first kappa shape index (κ1) is 11.9. The zero-order chi connectivity index (χ0) is 11.4. The number of hydrogen-bond acceptors (Lipinski definition) is 4. The van der Waals surface area contributed by atoms with E-state index in [4.69, 9.17) is 9.47 Å². The van der Waals surface area contributed by atoms with E-state index in [-0.39, 0.29) is 5.97 Å². The van der Waals surface area contributed by atoms with Crippen LogP contribution in [0, 0.1) is 0 Å². The zero-order valence-electron chi connectivity index (χ0n) is 9.98. The molecule has 0 aromatic rings. The smallest absolute Gasteiger partial charge is 0.320 e. The third-order valence-corrected chi connectivity index (χ3v) is 3.48. The van der Waals surface area contributed by atoms with Gasteiger partial charge in [-0.3, -0.25) is 9.69 Å². The molecule has 1 saturated heterocycles. The Morgan fingerprint density at radius 1 is 1.44 bits per heavy atom. The molecule has 0 aromatic carbocycles. The van der Waals surface area contributed by atoms with Crippen molar-refractivity contribution >= 4 is 5.97 Å². The summed E-state index contributed by atoms with van der Waals surface area (Å²) < 4.78 is 10.8. The highest BCUT2D eigenvalue weighted by Crippen LogP contribution is 2.28. The fourth-order valence-electron chi connectivity index (χ4n) is 2.75. The van der Waals surface area contributed by atoms with Crippen molar-refractivity contribution in [2.24, 2.45) is 0 Å². The predicted octanol–water partition coefficient (Wildman–Crippen LogP) is 1.19. The molecule has 0 amide bonds. The van der Waals surface area contributed by atoms with E-state index in [0.717, 1.165) is 26.0 Å². The minimum absolute atomic E-state index is 0.103. The Morgan fingerprint density at radius 2 is 2.25 bits per heavy atom. The molecule has 1 heterocycles. The van der Waals surface area contributed by atoms with Gasteiger partial charge < -0.3 is 9.47 Å². The second-order valence-electron chi connectivity index (χ2n) is 4.54. The summed E-state index contributed by atoms with van der Waals surface area (Å²) in [4.78, 5) is 13.7. The number of rotatable bonds is 3. The van der Waals surface area contributed by atoms with Gasteiger partial charge in [-0.2, -0.15) is 0 Å². The van der Waals surface area contributed by atoms with Gasteiger partial charge in [0.15, 0.2) is 0 Å². The lowest BCUT2D eigenvalue weighted by atomic mass is 9.90. The van der Waals surface area contributed by atoms with Crippen LogP contribution in [0.4, 0.5) is 0 Å². The second-order valence-corrected chi connectivity index (χ2v) is 4.54. The van der Waals surface area contributed by atoms with Gasteiger partial charge in [-0.25, -0.2) is 0 Å². The normalized spacial score (nSPS) is 30.8. The van der Waals surface area contributed by atoms with Gasteiger partial charge in [0.1, 0.15) is 0 Å². The Morgan fingerprint density at radius 3 is 3.06 bits per heavy atom. The van der Waals surface area contributed by atoms with Crippen molar-refractivity contribution in [2.75, 3.05) is 26.3 Å². The molecule has 2 atom stereocenters. The maximum atomic E-state index is 11.5. The van der Waals surface area contributed by atoms with Crippen LogP contribution in [0.5, 0.6) is 0 Å². The lowest BCUT2D eigenvalue weighted by Gasteiger charge is -2.43. The monoisotopic (exact) mass is 227 g/mol. The summed E-state index contributed by atoms with van der Waals surface area (Å²) in [6.45, 7) is 4.36. The molecule has 2 fully saturated rings. The molecule has 4 nitrogen and oxygen atoms in total. The molecule has 1 aliphatic heterocycles. The maximum Gasteiger partial charge on any atom is 0.320 e. The van der Waals surface area contributed by atoms with Gasteiger partial charge >= 0.3 is 5.97 Å². The Hall–Kier alpha value is -0.610. The average Bonchev–Trinajstić information content (AvgIpc) is 2.30. The van der Waals surface area contributed by atoms with Crippen LogP contribution >= 0.6 is 0 Å². The summed E-state index contributed by atoms with van der Waals surface area (Å²) in [6.07, 6.45) is 5.16. The van der Waals surface area contributed by atoms with Crippen molar-refractivity contribution in [2.45, 2.75) is 44.8 Å². The van der Waals surface area contributed by atoms with Crippen LogP contribution < -0.4 is 0 Å². The summed E-state index contributed by atoms with van der Waals surface area (Å²) in [5.74, 6) is -0.103. The van der Waals surface area contributed by atoms with Crippen LogP contribution in [0.15, 0.2) is 0 Å². The van der Waals surface area contributed by atoms with E-state index < -0.39 is 0 Å². The number of nitrogens with zero attached hydrogens (tertiary/aromatic N) is 1. The van der Waals surface area contributed by atoms with Gasteiger partial charge in [-0.15, -0.1) is 0 Å². The minimum Gasteiger partial charge on any atom is -0.465 e. The fraction of sp³-hybridized carbons (Fsp3) is 0.917. The van der Waals surface area contributed by atoms with E-state index in [1.165, 1.54) is 12.8 Å².